The van der Waals surface area contributed by atoms with Crippen LogP contribution in [0.1, 0.15) is 59.8 Å². The highest BCUT2D eigenvalue weighted by Crippen LogP contribution is 2.41. The summed E-state index contributed by atoms with van der Waals surface area (Å²) in [5.74, 6) is -1.68. The van der Waals surface area contributed by atoms with Crippen molar-refractivity contribution in [2.75, 3.05) is 5.32 Å². The second-order valence-corrected chi connectivity index (χ2v) is 8.86. The summed E-state index contributed by atoms with van der Waals surface area (Å²) in [6.45, 7) is 7.63. The lowest BCUT2D eigenvalue weighted by molar-refractivity contribution is -0.183. The quantitative estimate of drug-likeness (QED) is 0.532. The molecule has 0 radical (unpaired) electrons. The minimum atomic E-state index is -1.53. The van der Waals surface area contributed by atoms with Gasteiger partial charge in [0.25, 0.3) is 0 Å². The molecule has 0 spiro atoms. The van der Waals surface area contributed by atoms with Crippen LogP contribution in [-0.2, 0) is 9.59 Å². The third kappa shape index (κ3) is 4.96. The first-order valence-corrected chi connectivity index (χ1v) is 10.1. The van der Waals surface area contributed by atoms with Crippen molar-refractivity contribution in [1.82, 2.24) is 5.01 Å². The SMILES string of the molecule is CCCCCC1=NN(C(=O)C(=O)Nc2ccc(Br)cc2)C(O)(C(C)(C)C)C1. The predicted molar refractivity (Wildman–Crippen MR) is 110 cm³/mol. The van der Waals surface area contributed by atoms with E-state index >= 15 is 0 Å². The Morgan fingerprint density at radius 3 is 2.44 bits per heavy atom. The number of carbonyl (C=O) groups excluding carboxylic acids is 2. The van der Waals surface area contributed by atoms with Crippen LogP contribution in [-0.4, -0.2) is 33.4 Å². The monoisotopic (exact) mass is 437 g/mol. The van der Waals surface area contributed by atoms with Crippen molar-refractivity contribution in [3.05, 3.63) is 28.7 Å². The molecular formula is C20H28BrN3O3. The number of nitrogens with zero attached hydrogens (tertiary/aromatic N) is 2. The summed E-state index contributed by atoms with van der Waals surface area (Å²) in [6.07, 6.45) is 4.06. The topological polar surface area (TPSA) is 82.0 Å². The van der Waals surface area contributed by atoms with Gasteiger partial charge in [0.15, 0.2) is 5.72 Å². The van der Waals surface area contributed by atoms with E-state index in [9.17, 15) is 14.7 Å². The maximum atomic E-state index is 12.8. The summed E-state index contributed by atoms with van der Waals surface area (Å²) >= 11 is 3.32. The van der Waals surface area contributed by atoms with Crippen molar-refractivity contribution in [2.24, 2.45) is 10.5 Å². The Bertz CT molecular complexity index is 725. The van der Waals surface area contributed by atoms with Crippen LogP contribution in [0.2, 0.25) is 0 Å². The van der Waals surface area contributed by atoms with Crippen LogP contribution in [0.15, 0.2) is 33.8 Å². The summed E-state index contributed by atoms with van der Waals surface area (Å²) in [5.41, 5.74) is -0.924. The number of rotatable bonds is 5. The van der Waals surface area contributed by atoms with Crippen molar-refractivity contribution in [1.29, 1.82) is 0 Å². The first kappa shape index (κ1) is 21.6. The Kier molecular flexibility index (Phi) is 6.81. The van der Waals surface area contributed by atoms with Crippen LogP contribution in [0.3, 0.4) is 0 Å². The molecule has 2 N–H and O–H groups in total. The molecule has 0 aliphatic carbocycles. The van der Waals surface area contributed by atoms with Crippen LogP contribution in [0, 0.1) is 5.41 Å². The molecule has 1 aromatic rings. The summed E-state index contributed by atoms with van der Waals surface area (Å²) in [7, 11) is 0. The van der Waals surface area contributed by atoms with Gasteiger partial charge in [-0.1, -0.05) is 56.5 Å². The van der Waals surface area contributed by atoms with Gasteiger partial charge < -0.3 is 10.4 Å². The van der Waals surface area contributed by atoms with Crippen LogP contribution < -0.4 is 5.32 Å². The molecule has 1 heterocycles. The van der Waals surface area contributed by atoms with E-state index in [0.717, 1.165) is 34.5 Å². The number of nitrogens with one attached hydrogen (secondary N) is 1. The number of benzene rings is 1. The van der Waals surface area contributed by atoms with Gasteiger partial charge in [0.1, 0.15) is 0 Å². The van der Waals surface area contributed by atoms with Gasteiger partial charge in [-0.3, -0.25) is 9.59 Å². The summed E-state index contributed by atoms with van der Waals surface area (Å²) in [6, 6.07) is 6.92. The van der Waals surface area contributed by atoms with E-state index in [2.05, 4.69) is 33.3 Å². The van der Waals surface area contributed by atoms with Crippen molar-refractivity contribution in [2.45, 2.75) is 65.5 Å². The van der Waals surface area contributed by atoms with E-state index in [4.69, 9.17) is 0 Å². The highest BCUT2D eigenvalue weighted by atomic mass is 79.9. The second-order valence-electron chi connectivity index (χ2n) is 7.94. The second kappa shape index (κ2) is 8.52. The number of anilines is 1. The number of carbonyl (C=O) groups is 2. The molecule has 1 atom stereocenters. The Hall–Kier alpha value is -1.73. The fourth-order valence-electron chi connectivity index (χ4n) is 2.95. The average molecular weight is 438 g/mol. The minimum absolute atomic E-state index is 0.261. The normalized spacial score (nSPS) is 19.8. The minimum Gasteiger partial charge on any atom is -0.368 e. The van der Waals surface area contributed by atoms with E-state index in [1.807, 2.05) is 20.8 Å². The van der Waals surface area contributed by atoms with E-state index < -0.39 is 23.0 Å². The molecule has 0 aromatic heterocycles. The third-order valence-corrected chi connectivity index (χ3v) is 5.33. The van der Waals surface area contributed by atoms with Gasteiger partial charge in [0.2, 0.25) is 0 Å². The molecule has 0 bridgehead atoms. The van der Waals surface area contributed by atoms with Crippen molar-refractivity contribution in [3.63, 3.8) is 0 Å². The highest BCUT2D eigenvalue weighted by Gasteiger charge is 2.53. The van der Waals surface area contributed by atoms with E-state index in [-0.39, 0.29) is 6.42 Å². The first-order valence-electron chi connectivity index (χ1n) is 9.28. The molecule has 148 valence electrons. The maximum Gasteiger partial charge on any atom is 0.334 e. The first-order chi connectivity index (χ1) is 12.6. The van der Waals surface area contributed by atoms with E-state index in [0.29, 0.717) is 12.1 Å². The Labute approximate surface area is 169 Å². The van der Waals surface area contributed by atoms with Crippen molar-refractivity contribution >= 4 is 39.1 Å². The lowest BCUT2D eigenvalue weighted by Crippen LogP contribution is -2.57. The fraction of sp³-hybridized carbons (Fsp3) is 0.550. The number of aliphatic hydroxyl groups is 1. The molecule has 7 heteroatoms. The van der Waals surface area contributed by atoms with Gasteiger partial charge in [-0.25, -0.2) is 0 Å². The highest BCUT2D eigenvalue weighted by molar-refractivity contribution is 9.10. The fourth-order valence-corrected chi connectivity index (χ4v) is 3.21. The van der Waals surface area contributed by atoms with Gasteiger partial charge in [0.05, 0.1) is 0 Å². The molecule has 2 rings (SSSR count). The largest absolute Gasteiger partial charge is 0.368 e. The zero-order valence-electron chi connectivity index (χ0n) is 16.4. The molecule has 2 amide bonds. The molecular weight excluding hydrogens is 410 g/mol. The molecule has 0 saturated heterocycles. The van der Waals surface area contributed by atoms with E-state index in [1.165, 1.54) is 0 Å². The van der Waals surface area contributed by atoms with Gasteiger partial charge in [0, 0.05) is 27.7 Å². The molecule has 1 aliphatic heterocycles. The zero-order chi connectivity index (χ0) is 20.2. The molecule has 0 saturated carbocycles. The molecule has 6 nitrogen and oxygen atoms in total. The van der Waals surface area contributed by atoms with Gasteiger partial charge in [-0.05, 0) is 37.1 Å². The molecule has 1 aromatic carbocycles. The van der Waals surface area contributed by atoms with Crippen LogP contribution >= 0.6 is 15.9 Å². The zero-order valence-corrected chi connectivity index (χ0v) is 18.0. The standard InChI is InChI=1S/C20H28BrN3O3/c1-5-6-7-8-16-13-20(27,19(2,3)4)24(23-16)18(26)17(25)22-15-11-9-14(21)10-12-15/h9-12,27H,5-8,13H2,1-4H3,(H,22,25). The van der Waals surface area contributed by atoms with Crippen molar-refractivity contribution in [3.8, 4) is 0 Å². The lowest BCUT2D eigenvalue weighted by Gasteiger charge is -2.41. The predicted octanol–water partition coefficient (Wildman–Crippen LogP) is 4.29. The number of amides is 2. The van der Waals surface area contributed by atoms with Gasteiger partial charge in [-0.2, -0.15) is 10.1 Å². The Morgan fingerprint density at radius 1 is 1.26 bits per heavy atom. The maximum absolute atomic E-state index is 12.8. The Morgan fingerprint density at radius 2 is 1.89 bits per heavy atom. The van der Waals surface area contributed by atoms with Gasteiger partial charge >= 0.3 is 11.8 Å². The van der Waals surface area contributed by atoms with E-state index in [1.54, 1.807) is 24.3 Å². The molecule has 1 unspecified atom stereocenters. The molecule has 27 heavy (non-hydrogen) atoms. The Balaban J connectivity index is 2.20. The third-order valence-electron chi connectivity index (χ3n) is 4.80. The summed E-state index contributed by atoms with van der Waals surface area (Å²) < 4.78 is 0.870. The summed E-state index contributed by atoms with van der Waals surface area (Å²) in [5, 5.41) is 19.1. The molecule has 0 fully saturated rings. The van der Waals surface area contributed by atoms with Crippen LogP contribution in [0.25, 0.3) is 0 Å². The van der Waals surface area contributed by atoms with Crippen LogP contribution in [0.5, 0.6) is 0 Å². The summed E-state index contributed by atoms with van der Waals surface area (Å²) in [4.78, 5) is 25.3. The molecule has 1 aliphatic rings. The van der Waals surface area contributed by atoms with Crippen LogP contribution in [0.4, 0.5) is 5.69 Å². The lowest BCUT2D eigenvalue weighted by atomic mass is 9.79. The number of hydrogen-bond donors (Lipinski definition) is 2. The number of hydrogen-bond acceptors (Lipinski definition) is 4. The number of hydrazone groups is 1. The van der Waals surface area contributed by atoms with Crippen molar-refractivity contribution < 1.29 is 14.7 Å². The number of unbranched alkanes of at least 4 members (excludes halogenated alkanes) is 2. The average Bonchev–Trinajstić information content (AvgIpc) is 2.94. The van der Waals surface area contributed by atoms with Gasteiger partial charge in [-0.15, -0.1) is 0 Å². The smallest absolute Gasteiger partial charge is 0.334 e. The number of halogens is 1.